The Labute approximate surface area is 348 Å². The SMILES string of the molecule is N#Cc1ccc(NC2CCC(N(C(=O)NCc3ccccc3)c3ccc(N4CCN(C(=O)CNc5ccc6c(c5)C(=O)N(C5CCC(=O)NC5=O)C6)CC4)cc3)CC2)nc1. The third-order valence-electron chi connectivity index (χ3n) is 11.9. The number of pyridine rings is 1. The van der Waals surface area contributed by atoms with Gasteiger partial charge in [0.15, 0.2) is 0 Å². The number of carbonyl (C=O) groups is 5. The predicted octanol–water partition coefficient (Wildman–Crippen LogP) is 4.61. The smallest absolute Gasteiger partial charge is 0.322 e. The normalized spacial score (nSPS) is 20.1. The van der Waals surface area contributed by atoms with Crippen molar-refractivity contribution < 1.29 is 24.0 Å². The van der Waals surface area contributed by atoms with E-state index in [9.17, 15) is 24.0 Å². The van der Waals surface area contributed by atoms with Crippen molar-refractivity contribution in [3.63, 3.8) is 0 Å². The van der Waals surface area contributed by atoms with Gasteiger partial charge >= 0.3 is 6.03 Å². The molecule has 15 heteroatoms. The van der Waals surface area contributed by atoms with Crippen molar-refractivity contribution in [2.45, 2.75) is 69.7 Å². The molecule has 1 aliphatic carbocycles. The molecule has 2 saturated heterocycles. The molecule has 0 spiro atoms. The Morgan fingerprint density at radius 2 is 1.65 bits per heavy atom. The average molecular weight is 809 g/mol. The summed E-state index contributed by atoms with van der Waals surface area (Å²) in [5, 5.41) is 21.2. The van der Waals surface area contributed by atoms with Gasteiger partial charge in [0.25, 0.3) is 5.91 Å². The predicted molar refractivity (Wildman–Crippen MR) is 226 cm³/mol. The number of aromatic nitrogens is 1. The second kappa shape index (κ2) is 17.9. The lowest BCUT2D eigenvalue weighted by Gasteiger charge is -2.38. The molecule has 3 aromatic carbocycles. The van der Waals surface area contributed by atoms with Crippen LogP contribution in [0.15, 0.2) is 91.1 Å². The monoisotopic (exact) mass is 808 g/mol. The summed E-state index contributed by atoms with van der Waals surface area (Å²) in [6.45, 7) is 3.21. The minimum Gasteiger partial charge on any atom is -0.376 e. The standard InChI is InChI=1S/C45H48N10O5/c46-25-31-6-18-40(48-27-31)50-33-9-11-36(12-10-33)55(45(60)49-26-30-4-2-1-3-5-30)37-15-13-35(14-16-37)52-20-22-53(23-21-52)42(57)28-47-34-8-7-32-29-54(44(59)38(32)24-34)39-17-19-41(56)51-43(39)58/h1-8,13-16,18,24,27,33,36,39,47H,9-12,17,19-23,26,28-29H2,(H,48,50)(H,49,60)(H,51,56,58). The fourth-order valence-corrected chi connectivity index (χ4v) is 8.58. The zero-order valence-electron chi connectivity index (χ0n) is 33.3. The van der Waals surface area contributed by atoms with Crippen LogP contribution in [-0.2, 0) is 27.5 Å². The minimum atomic E-state index is -0.678. The number of hydrogen-bond donors (Lipinski definition) is 4. The first kappa shape index (κ1) is 39.9. The van der Waals surface area contributed by atoms with E-state index in [-0.39, 0.29) is 48.8 Å². The molecule has 308 valence electrons. The zero-order chi connectivity index (χ0) is 41.6. The number of hydrogen-bond acceptors (Lipinski definition) is 10. The number of rotatable bonds is 11. The molecule has 0 bridgehead atoms. The minimum absolute atomic E-state index is 0.00610. The Kier molecular flexibility index (Phi) is 11.9. The van der Waals surface area contributed by atoms with E-state index in [1.54, 1.807) is 18.3 Å². The van der Waals surface area contributed by atoms with Gasteiger partial charge < -0.3 is 30.7 Å². The first-order valence-electron chi connectivity index (χ1n) is 20.6. The number of urea groups is 1. The van der Waals surface area contributed by atoms with Gasteiger partial charge in [0.2, 0.25) is 17.7 Å². The number of imide groups is 1. The maximum absolute atomic E-state index is 13.9. The van der Waals surface area contributed by atoms with Gasteiger partial charge in [0.1, 0.15) is 17.9 Å². The lowest BCUT2D eigenvalue weighted by molar-refractivity contribution is -0.137. The van der Waals surface area contributed by atoms with Gasteiger partial charge in [0, 0.05) is 86.6 Å². The molecule has 4 heterocycles. The van der Waals surface area contributed by atoms with Crippen molar-refractivity contribution in [3.05, 3.63) is 113 Å². The first-order chi connectivity index (χ1) is 29.2. The van der Waals surface area contributed by atoms with Gasteiger partial charge in [-0.3, -0.25) is 29.4 Å². The maximum atomic E-state index is 13.9. The number of amides is 6. The Morgan fingerprint density at radius 1 is 0.883 bits per heavy atom. The molecule has 4 aliphatic rings. The number of fused-ring (bicyclic) bond motifs is 1. The number of piperidine rings is 1. The van der Waals surface area contributed by atoms with E-state index in [2.05, 4.69) is 37.2 Å². The molecule has 0 radical (unpaired) electrons. The fourth-order valence-electron chi connectivity index (χ4n) is 8.58. The zero-order valence-corrected chi connectivity index (χ0v) is 33.3. The van der Waals surface area contributed by atoms with E-state index in [1.165, 1.54) is 4.90 Å². The molecule has 8 rings (SSSR count). The van der Waals surface area contributed by atoms with Crippen LogP contribution in [0.25, 0.3) is 0 Å². The first-order valence-corrected chi connectivity index (χ1v) is 20.6. The average Bonchev–Trinajstić information content (AvgIpc) is 3.61. The summed E-state index contributed by atoms with van der Waals surface area (Å²) in [4.78, 5) is 76.3. The Morgan fingerprint density at radius 3 is 2.35 bits per heavy atom. The van der Waals surface area contributed by atoms with Gasteiger partial charge in [0.05, 0.1) is 12.1 Å². The molecular formula is C45H48N10O5. The van der Waals surface area contributed by atoms with Gasteiger partial charge in [-0.2, -0.15) is 5.26 Å². The van der Waals surface area contributed by atoms with E-state index in [4.69, 9.17) is 5.26 Å². The van der Waals surface area contributed by atoms with E-state index >= 15 is 0 Å². The molecular weight excluding hydrogens is 761 g/mol. The number of anilines is 4. The van der Waals surface area contributed by atoms with Crippen molar-refractivity contribution in [1.82, 2.24) is 25.4 Å². The Bertz CT molecular complexity index is 2260. The molecule has 1 aromatic heterocycles. The molecule has 1 saturated carbocycles. The van der Waals surface area contributed by atoms with E-state index in [0.717, 1.165) is 54.0 Å². The third-order valence-corrected chi connectivity index (χ3v) is 11.9. The van der Waals surface area contributed by atoms with Crippen molar-refractivity contribution in [2.75, 3.05) is 53.2 Å². The molecule has 3 fully saturated rings. The van der Waals surface area contributed by atoms with Gasteiger partial charge in [-0.25, -0.2) is 9.78 Å². The topological polar surface area (TPSA) is 183 Å². The third kappa shape index (κ3) is 9.02. The van der Waals surface area contributed by atoms with E-state index < -0.39 is 11.9 Å². The summed E-state index contributed by atoms with van der Waals surface area (Å²) < 4.78 is 0. The number of nitrogens with one attached hydrogen (secondary N) is 4. The summed E-state index contributed by atoms with van der Waals surface area (Å²) in [7, 11) is 0. The maximum Gasteiger partial charge on any atom is 0.322 e. The van der Waals surface area contributed by atoms with Crippen LogP contribution >= 0.6 is 0 Å². The van der Waals surface area contributed by atoms with Crippen LogP contribution in [0, 0.1) is 11.3 Å². The summed E-state index contributed by atoms with van der Waals surface area (Å²) in [6, 6.07) is 28.5. The van der Waals surface area contributed by atoms with Crippen LogP contribution < -0.4 is 31.1 Å². The fraction of sp³-hybridized carbons (Fsp3) is 0.356. The van der Waals surface area contributed by atoms with E-state index in [1.807, 2.05) is 82.6 Å². The summed E-state index contributed by atoms with van der Waals surface area (Å²) in [5.74, 6) is -0.331. The van der Waals surface area contributed by atoms with Gasteiger partial charge in [-0.05, 0) is 91.8 Å². The highest BCUT2D eigenvalue weighted by Gasteiger charge is 2.39. The number of nitriles is 1. The van der Waals surface area contributed by atoms with Crippen LogP contribution in [0.1, 0.15) is 65.6 Å². The second-order valence-electron chi connectivity index (χ2n) is 15.7. The van der Waals surface area contributed by atoms with Crippen molar-refractivity contribution in [2.24, 2.45) is 0 Å². The summed E-state index contributed by atoms with van der Waals surface area (Å²) in [6.07, 6.45) is 5.42. The van der Waals surface area contributed by atoms with Gasteiger partial charge in [-0.15, -0.1) is 0 Å². The molecule has 4 aromatic rings. The van der Waals surface area contributed by atoms with Gasteiger partial charge in [-0.1, -0.05) is 36.4 Å². The lowest BCUT2D eigenvalue weighted by atomic mass is 9.90. The van der Waals surface area contributed by atoms with E-state index in [0.29, 0.717) is 62.5 Å². The molecule has 15 nitrogen and oxygen atoms in total. The molecule has 6 amide bonds. The van der Waals surface area contributed by atoms with Crippen molar-refractivity contribution in [3.8, 4) is 6.07 Å². The largest absolute Gasteiger partial charge is 0.376 e. The lowest BCUT2D eigenvalue weighted by Crippen LogP contribution is -2.52. The molecule has 60 heavy (non-hydrogen) atoms. The number of nitrogens with zero attached hydrogens (tertiary/aromatic N) is 6. The van der Waals surface area contributed by atoms with Crippen molar-refractivity contribution in [1.29, 1.82) is 5.26 Å². The van der Waals surface area contributed by atoms with Crippen molar-refractivity contribution >= 4 is 52.5 Å². The Balaban J connectivity index is 0.847. The van der Waals surface area contributed by atoms with Crippen LogP contribution in [0.2, 0.25) is 0 Å². The van der Waals surface area contributed by atoms with Crippen LogP contribution in [-0.4, -0.2) is 95.3 Å². The quantitative estimate of drug-likeness (QED) is 0.156. The highest BCUT2D eigenvalue weighted by atomic mass is 16.2. The second-order valence-corrected chi connectivity index (χ2v) is 15.7. The van der Waals surface area contributed by atoms with Crippen LogP contribution in [0.4, 0.5) is 27.7 Å². The number of piperazine rings is 1. The highest BCUT2D eigenvalue weighted by Crippen LogP contribution is 2.32. The number of carbonyl (C=O) groups excluding carboxylic acids is 5. The Hall–Kier alpha value is -6.95. The van der Waals surface area contributed by atoms with Crippen LogP contribution in [0.3, 0.4) is 0 Å². The number of benzene rings is 3. The highest BCUT2D eigenvalue weighted by molar-refractivity contribution is 6.05. The molecule has 1 atom stereocenters. The molecule has 3 aliphatic heterocycles. The summed E-state index contributed by atoms with van der Waals surface area (Å²) >= 11 is 0. The van der Waals surface area contributed by atoms with Crippen LogP contribution in [0.5, 0.6) is 0 Å². The molecule has 1 unspecified atom stereocenters. The molecule has 4 N–H and O–H groups in total. The summed E-state index contributed by atoms with van der Waals surface area (Å²) in [5.41, 5.74) is 5.33.